The molecule has 5 nitrogen and oxygen atoms in total. The number of para-hydroxylation sites is 1. The van der Waals surface area contributed by atoms with Crippen molar-refractivity contribution in [3.8, 4) is 0 Å². The van der Waals surface area contributed by atoms with Gasteiger partial charge >= 0.3 is 0 Å². The summed E-state index contributed by atoms with van der Waals surface area (Å²) in [4.78, 5) is 16.9. The lowest BCUT2D eigenvalue weighted by Gasteiger charge is -2.41. The molecular formula is C17H24ClN3O2. The molecule has 0 saturated carbocycles. The van der Waals surface area contributed by atoms with E-state index in [-0.39, 0.29) is 11.6 Å². The number of amides is 1. The molecule has 0 radical (unpaired) electrons. The molecule has 1 aromatic carbocycles. The van der Waals surface area contributed by atoms with Crippen molar-refractivity contribution in [1.29, 1.82) is 0 Å². The fourth-order valence-corrected chi connectivity index (χ4v) is 3.74. The van der Waals surface area contributed by atoms with Gasteiger partial charge in [-0.25, -0.2) is 0 Å². The highest BCUT2D eigenvalue weighted by Gasteiger charge is 2.43. The van der Waals surface area contributed by atoms with Gasteiger partial charge in [0.2, 0.25) is 5.91 Å². The van der Waals surface area contributed by atoms with Crippen molar-refractivity contribution in [2.75, 3.05) is 38.1 Å². The highest BCUT2D eigenvalue weighted by molar-refractivity contribution is 6.33. The van der Waals surface area contributed by atoms with Gasteiger partial charge in [-0.1, -0.05) is 23.7 Å². The average Bonchev–Trinajstić information content (AvgIpc) is 2.78. The summed E-state index contributed by atoms with van der Waals surface area (Å²) in [6.07, 6.45) is 0. The summed E-state index contributed by atoms with van der Waals surface area (Å²) in [7, 11) is 0. The van der Waals surface area contributed by atoms with Gasteiger partial charge in [-0.2, -0.15) is 0 Å². The average molecular weight is 338 g/mol. The normalized spacial score (nSPS) is 24.4. The fourth-order valence-electron chi connectivity index (χ4n) is 3.47. The second-order valence-corrected chi connectivity index (χ2v) is 7.23. The zero-order chi connectivity index (χ0) is 16.6. The predicted molar refractivity (Wildman–Crippen MR) is 91.8 cm³/mol. The first-order chi connectivity index (χ1) is 10.9. The molecule has 2 aliphatic heterocycles. The Morgan fingerprint density at radius 1 is 1.43 bits per heavy atom. The number of halogens is 1. The van der Waals surface area contributed by atoms with E-state index in [9.17, 15) is 4.79 Å². The maximum absolute atomic E-state index is 12.3. The van der Waals surface area contributed by atoms with Gasteiger partial charge in [0, 0.05) is 25.7 Å². The zero-order valence-electron chi connectivity index (χ0n) is 13.9. The summed E-state index contributed by atoms with van der Waals surface area (Å²) in [6.45, 7) is 9.93. The summed E-state index contributed by atoms with van der Waals surface area (Å²) < 4.78 is 5.85. The summed E-state index contributed by atoms with van der Waals surface area (Å²) in [6, 6.07) is 5.99. The quantitative estimate of drug-likeness (QED) is 0.919. The first-order valence-electron chi connectivity index (χ1n) is 8.05. The van der Waals surface area contributed by atoms with Gasteiger partial charge in [-0.15, -0.1) is 0 Å². The largest absolute Gasteiger partial charge is 0.359 e. The molecule has 0 bridgehead atoms. The highest BCUT2D eigenvalue weighted by atomic mass is 35.5. The lowest BCUT2D eigenvalue weighted by atomic mass is 10.1. The second kappa shape index (κ2) is 6.40. The maximum Gasteiger partial charge on any atom is 0.238 e. The van der Waals surface area contributed by atoms with Gasteiger partial charge < -0.3 is 10.1 Å². The van der Waals surface area contributed by atoms with E-state index in [1.807, 2.05) is 19.1 Å². The van der Waals surface area contributed by atoms with Crippen molar-refractivity contribution in [3.63, 3.8) is 0 Å². The van der Waals surface area contributed by atoms with Gasteiger partial charge in [0.05, 0.1) is 23.9 Å². The van der Waals surface area contributed by atoms with Crippen LogP contribution in [0, 0.1) is 6.92 Å². The molecule has 126 valence electrons. The number of fused-ring (bicyclic) bond motifs is 1. The third kappa shape index (κ3) is 3.53. The van der Waals surface area contributed by atoms with Crippen LogP contribution < -0.4 is 5.32 Å². The lowest BCUT2D eigenvalue weighted by molar-refractivity contribution is -0.118. The Morgan fingerprint density at radius 3 is 2.96 bits per heavy atom. The Balaban J connectivity index is 1.57. The maximum atomic E-state index is 12.3. The molecule has 1 N–H and O–H groups in total. The van der Waals surface area contributed by atoms with Crippen molar-refractivity contribution < 1.29 is 9.53 Å². The lowest BCUT2D eigenvalue weighted by Crippen LogP contribution is -2.57. The molecule has 23 heavy (non-hydrogen) atoms. The van der Waals surface area contributed by atoms with Gasteiger partial charge in [-0.05, 0) is 32.4 Å². The number of ether oxygens (including phenoxy) is 1. The summed E-state index contributed by atoms with van der Waals surface area (Å²) >= 11 is 6.17. The summed E-state index contributed by atoms with van der Waals surface area (Å²) in [5.41, 5.74) is 1.50. The fraction of sp³-hybridized carbons (Fsp3) is 0.588. The van der Waals surface area contributed by atoms with E-state index in [4.69, 9.17) is 16.3 Å². The van der Waals surface area contributed by atoms with Crippen LogP contribution in [0.3, 0.4) is 0 Å². The van der Waals surface area contributed by atoms with Crippen LogP contribution in [0.5, 0.6) is 0 Å². The molecule has 1 amide bonds. The van der Waals surface area contributed by atoms with E-state index in [0.29, 0.717) is 23.3 Å². The number of piperazine rings is 1. The standard InChI is InChI=1S/C17H24ClN3O2/c1-12-5-4-6-14(18)16(12)19-15(22)10-20-7-8-21-13(9-20)11-23-17(21,2)3/h4-6,13H,7-11H2,1-3H3,(H,19,22). The Bertz CT molecular complexity index is 585. The van der Waals surface area contributed by atoms with Gasteiger partial charge in [0.1, 0.15) is 5.72 Å². The molecule has 1 aromatic rings. The van der Waals surface area contributed by atoms with Gasteiger partial charge in [0.15, 0.2) is 0 Å². The Kier molecular flexibility index (Phi) is 4.65. The van der Waals surface area contributed by atoms with E-state index < -0.39 is 0 Å². The number of hydrogen-bond donors (Lipinski definition) is 1. The molecule has 0 aromatic heterocycles. The number of hydrogen-bond acceptors (Lipinski definition) is 4. The van der Waals surface area contributed by atoms with Crippen LogP contribution in [0.4, 0.5) is 5.69 Å². The number of carbonyl (C=O) groups is 1. The van der Waals surface area contributed by atoms with Crippen molar-refractivity contribution in [1.82, 2.24) is 9.80 Å². The Morgan fingerprint density at radius 2 is 2.22 bits per heavy atom. The predicted octanol–water partition coefficient (Wildman–Crippen LogP) is 2.34. The number of carbonyl (C=O) groups excluding carboxylic acids is 1. The monoisotopic (exact) mass is 337 g/mol. The minimum atomic E-state index is -0.187. The summed E-state index contributed by atoms with van der Waals surface area (Å²) in [5.74, 6) is -0.0205. The number of aryl methyl sites for hydroxylation is 1. The summed E-state index contributed by atoms with van der Waals surface area (Å²) in [5, 5.41) is 3.52. The molecule has 6 heteroatoms. The second-order valence-electron chi connectivity index (χ2n) is 6.82. The molecule has 2 aliphatic rings. The van der Waals surface area contributed by atoms with Crippen molar-refractivity contribution in [2.24, 2.45) is 0 Å². The van der Waals surface area contributed by atoms with Crippen LogP contribution in [0.25, 0.3) is 0 Å². The Hall–Kier alpha value is -1.14. The highest BCUT2D eigenvalue weighted by Crippen LogP contribution is 2.30. The van der Waals surface area contributed by atoms with E-state index in [0.717, 1.165) is 31.8 Å². The van der Waals surface area contributed by atoms with E-state index in [2.05, 4.69) is 29.0 Å². The van der Waals surface area contributed by atoms with Gasteiger partial charge in [-0.3, -0.25) is 14.6 Å². The van der Waals surface area contributed by atoms with Crippen LogP contribution in [-0.4, -0.2) is 60.3 Å². The molecular weight excluding hydrogens is 314 g/mol. The molecule has 0 spiro atoms. The van der Waals surface area contributed by atoms with Crippen LogP contribution >= 0.6 is 11.6 Å². The van der Waals surface area contributed by atoms with E-state index >= 15 is 0 Å². The topological polar surface area (TPSA) is 44.8 Å². The Labute approximate surface area is 142 Å². The van der Waals surface area contributed by atoms with Crippen LogP contribution in [0.2, 0.25) is 5.02 Å². The number of nitrogens with one attached hydrogen (secondary N) is 1. The molecule has 2 heterocycles. The third-order valence-electron chi connectivity index (χ3n) is 4.74. The molecule has 3 rings (SSSR count). The first kappa shape index (κ1) is 16.7. The smallest absolute Gasteiger partial charge is 0.238 e. The molecule has 1 unspecified atom stereocenters. The van der Waals surface area contributed by atoms with Crippen molar-refractivity contribution in [2.45, 2.75) is 32.5 Å². The van der Waals surface area contributed by atoms with Crippen LogP contribution in [-0.2, 0) is 9.53 Å². The number of nitrogens with zero attached hydrogens (tertiary/aromatic N) is 2. The SMILES string of the molecule is Cc1cccc(Cl)c1NC(=O)CN1CCN2C(COC2(C)C)C1. The molecule has 1 atom stereocenters. The first-order valence-corrected chi connectivity index (χ1v) is 8.42. The minimum absolute atomic E-state index is 0.0205. The van der Waals surface area contributed by atoms with Crippen molar-refractivity contribution in [3.05, 3.63) is 28.8 Å². The van der Waals surface area contributed by atoms with Crippen molar-refractivity contribution >= 4 is 23.2 Å². The molecule has 2 saturated heterocycles. The molecule has 0 aliphatic carbocycles. The number of rotatable bonds is 3. The van der Waals surface area contributed by atoms with Crippen LogP contribution in [0.1, 0.15) is 19.4 Å². The zero-order valence-corrected chi connectivity index (χ0v) is 14.7. The van der Waals surface area contributed by atoms with E-state index in [1.54, 1.807) is 6.07 Å². The number of anilines is 1. The number of benzene rings is 1. The third-order valence-corrected chi connectivity index (χ3v) is 5.06. The van der Waals surface area contributed by atoms with Gasteiger partial charge in [0.25, 0.3) is 0 Å². The van der Waals surface area contributed by atoms with Crippen LogP contribution in [0.15, 0.2) is 18.2 Å². The van der Waals surface area contributed by atoms with E-state index in [1.165, 1.54) is 0 Å². The minimum Gasteiger partial charge on any atom is -0.359 e. The molecule has 2 fully saturated rings.